The molecule has 0 aliphatic carbocycles. The molecule has 4 heterocycles. The third-order valence-corrected chi connectivity index (χ3v) is 7.04. The predicted molar refractivity (Wildman–Crippen MR) is 134 cm³/mol. The van der Waals surface area contributed by atoms with E-state index in [4.69, 9.17) is 4.74 Å². The average Bonchev–Trinajstić information content (AvgIpc) is 3.10. The summed E-state index contributed by atoms with van der Waals surface area (Å²) in [5, 5.41) is 5.12. The molecule has 6 rings (SSSR count). The van der Waals surface area contributed by atoms with Gasteiger partial charge in [-0.3, -0.25) is 9.36 Å². The van der Waals surface area contributed by atoms with Crippen LogP contribution in [0.3, 0.4) is 0 Å². The minimum atomic E-state index is -0.0913. The molecule has 0 saturated carbocycles. The van der Waals surface area contributed by atoms with E-state index in [9.17, 15) is 4.79 Å². The minimum absolute atomic E-state index is 0. The van der Waals surface area contributed by atoms with Gasteiger partial charge in [-0.25, -0.2) is 0 Å². The van der Waals surface area contributed by atoms with Gasteiger partial charge in [0, 0.05) is 48.9 Å². The summed E-state index contributed by atoms with van der Waals surface area (Å²) in [6, 6.07) is 20.8. The number of hydrogen-bond donors (Lipinski definition) is 1. The van der Waals surface area contributed by atoms with Crippen LogP contribution >= 0.6 is 12.4 Å². The molecule has 5 nitrogen and oxygen atoms in total. The van der Waals surface area contributed by atoms with Gasteiger partial charge in [-0.15, -0.1) is 12.4 Å². The number of aryl methyl sites for hydroxylation is 1. The van der Waals surface area contributed by atoms with E-state index in [1.54, 1.807) is 16.8 Å². The van der Waals surface area contributed by atoms with Crippen molar-refractivity contribution in [3.63, 3.8) is 0 Å². The lowest BCUT2D eigenvalue weighted by Crippen LogP contribution is -2.42. The number of hydrogen-bond acceptors (Lipinski definition) is 3. The molecule has 0 radical (unpaired) electrons. The van der Waals surface area contributed by atoms with E-state index in [-0.39, 0.29) is 18.0 Å². The number of benzene rings is 2. The lowest BCUT2D eigenvalue weighted by atomic mass is 9.84. The molecule has 33 heavy (non-hydrogen) atoms. The van der Waals surface area contributed by atoms with Crippen LogP contribution in [0.2, 0.25) is 0 Å². The number of pyridine rings is 1. The second kappa shape index (κ2) is 8.73. The van der Waals surface area contributed by atoms with Gasteiger partial charge in [-0.1, -0.05) is 36.4 Å². The molecular formula is C27H28ClN3O2. The molecule has 2 aliphatic heterocycles. The summed E-state index contributed by atoms with van der Waals surface area (Å²) in [7, 11) is 2.16. The Morgan fingerprint density at radius 2 is 1.91 bits per heavy atom. The van der Waals surface area contributed by atoms with Crippen LogP contribution in [-0.2, 0) is 20.1 Å². The molecular weight excluding hydrogens is 434 g/mol. The number of rotatable bonds is 4. The first-order valence-corrected chi connectivity index (χ1v) is 11.4. The minimum Gasteiger partial charge on any atom is -0.489 e. The Bertz CT molecular complexity index is 1360. The van der Waals surface area contributed by atoms with E-state index in [0.717, 1.165) is 17.7 Å². The topological polar surface area (TPSA) is 48.2 Å². The van der Waals surface area contributed by atoms with E-state index in [0.29, 0.717) is 24.4 Å². The van der Waals surface area contributed by atoms with Crippen molar-refractivity contribution in [2.24, 2.45) is 7.05 Å². The first-order valence-electron chi connectivity index (χ1n) is 11.4. The van der Waals surface area contributed by atoms with Gasteiger partial charge in [0.1, 0.15) is 12.4 Å². The van der Waals surface area contributed by atoms with Gasteiger partial charge < -0.3 is 14.6 Å². The van der Waals surface area contributed by atoms with Crippen molar-refractivity contribution < 1.29 is 4.74 Å². The van der Waals surface area contributed by atoms with Crippen molar-refractivity contribution in [1.82, 2.24) is 14.5 Å². The van der Waals surface area contributed by atoms with Crippen LogP contribution in [0.5, 0.6) is 5.75 Å². The van der Waals surface area contributed by atoms with E-state index in [1.807, 2.05) is 36.4 Å². The number of aromatic nitrogens is 2. The summed E-state index contributed by atoms with van der Waals surface area (Å²) in [6.07, 6.45) is 6.65. The largest absolute Gasteiger partial charge is 0.489 e. The zero-order valence-corrected chi connectivity index (χ0v) is 19.5. The molecule has 170 valence electrons. The van der Waals surface area contributed by atoms with Crippen LogP contribution in [0, 0.1) is 0 Å². The van der Waals surface area contributed by atoms with Crippen LogP contribution in [0.15, 0.2) is 71.7 Å². The molecule has 6 heteroatoms. The van der Waals surface area contributed by atoms with Gasteiger partial charge in [0.15, 0.2) is 0 Å². The molecule has 4 aromatic rings. The van der Waals surface area contributed by atoms with Crippen LogP contribution in [0.25, 0.3) is 16.6 Å². The van der Waals surface area contributed by atoms with E-state index >= 15 is 0 Å². The highest BCUT2D eigenvalue weighted by atomic mass is 35.5. The Labute approximate surface area is 199 Å². The van der Waals surface area contributed by atoms with Crippen LogP contribution in [-0.4, -0.2) is 15.2 Å². The molecule has 2 bridgehead atoms. The van der Waals surface area contributed by atoms with Gasteiger partial charge in [-0.2, -0.15) is 0 Å². The predicted octanol–water partition coefficient (Wildman–Crippen LogP) is 5.07. The molecule has 2 aliphatic rings. The fourth-order valence-electron chi connectivity index (χ4n) is 5.44. The molecule has 2 unspecified atom stereocenters. The molecule has 0 amide bonds. The van der Waals surface area contributed by atoms with E-state index in [1.165, 1.54) is 41.4 Å². The highest BCUT2D eigenvalue weighted by Gasteiger charge is 2.33. The zero-order valence-electron chi connectivity index (χ0n) is 18.7. The molecule has 1 N–H and O–H groups in total. The number of ether oxygens (including phenoxy) is 1. The van der Waals surface area contributed by atoms with Crippen LogP contribution < -0.4 is 15.6 Å². The first kappa shape index (κ1) is 21.8. The highest BCUT2D eigenvalue weighted by Crippen LogP contribution is 2.40. The Balaban J connectivity index is 0.00000228. The first-order chi connectivity index (χ1) is 15.7. The van der Waals surface area contributed by atoms with Gasteiger partial charge in [0.2, 0.25) is 0 Å². The second-order valence-electron chi connectivity index (χ2n) is 9.02. The van der Waals surface area contributed by atoms with Crippen molar-refractivity contribution in [1.29, 1.82) is 0 Å². The Hall–Kier alpha value is -3.02. The van der Waals surface area contributed by atoms with Gasteiger partial charge in [0.25, 0.3) is 5.56 Å². The molecule has 0 spiro atoms. The number of halogens is 1. The van der Waals surface area contributed by atoms with Gasteiger partial charge in [0.05, 0.1) is 11.2 Å². The summed E-state index contributed by atoms with van der Waals surface area (Å²) in [5.41, 5.74) is 5.97. The van der Waals surface area contributed by atoms with Crippen LogP contribution in [0.4, 0.5) is 0 Å². The normalized spacial score (nSPS) is 19.1. The Kier molecular flexibility index (Phi) is 5.77. The zero-order chi connectivity index (χ0) is 21.7. The van der Waals surface area contributed by atoms with Crippen molar-refractivity contribution in [3.05, 3.63) is 94.0 Å². The summed E-state index contributed by atoms with van der Waals surface area (Å²) in [6.45, 7) is 0.446. The van der Waals surface area contributed by atoms with Gasteiger partial charge >= 0.3 is 0 Å². The molecule has 2 atom stereocenters. The summed E-state index contributed by atoms with van der Waals surface area (Å²) in [4.78, 5) is 12.9. The molecule has 1 fully saturated rings. The number of nitrogens with one attached hydrogen (secondary N) is 1. The molecule has 2 aromatic heterocycles. The third kappa shape index (κ3) is 3.85. The van der Waals surface area contributed by atoms with Gasteiger partial charge in [-0.05, 0) is 48.6 Å². The maximum absolute atomic E-state index is 12.9. The summed E-state index contributed by atoms with van der Waals surface area (Å²) < 4.78 is 9.85. The lowest BCUT2D eigenvalue weighted by molar-refractivity contribution is 0.299. The Morgan fingerprint density at radius 3 is 2.73 bits per heavy atom. The fourth-order valence-corrected chi connectivity index (χ4v) is 5.44. The lowest BCUT2D eigenvalue weighted by Gasteiger charge is -2.36. The highest BCUT2D eigenvalue weighted by molar-refractivity contribution is 5.88. The number of fused-ring (bicyclic) bond motifs is 6. The molecule has 2 aromatic carbocycles. The SMILES string of the molecule is Cl.Cn1c2c(c3ccc(-n4ccc(OCc5ccccc5)cc4=O)cc31)C1CCCC(C2)N1. The third-order valence-electron chi connectivity index (χ3n) is 7.04. The maximum atomic E-state index is 12.9. The van der Waals surface area contributed by atoms with E-state index < -0.39 is 0 Å². The second-order valence-corrected chi connectivity index (χ2v) is 9.02. The smallest absolute Gasteiger partial charge is 0.258 e. The maximum Gasteiger partial charge on any atom is 0.258 e. The number of piperidine rings is 1. The van der Waals surface area contributed by atoms with Crippen molar-refractivity contribution >= 4 is 23.3 Å². The standard InChI is InChI=1S/C27H27N3O2.ClH/c1-29-24-15-20(10-11-22(24)27-23-9-5-8-19(28-23)14-25(27)29)30-13-12-21(16-26(30)31)32-17-18-6-3-2-4-7-18;/h2-4,6-7,10-13,15-16,19,23,28H,5,8-9,14,17H2,1H3;1H. The van der Waals surface area contributed by atoms with Crippen LogP contribution in [0.1, 0.15) is 42.1 Å². The number of nitrogens with zero attached hydrogens (tertiary/aromatic N) is 2. The Morgan fingerprint density at radius 1 is 1.06 bits per heavy atom. The van der Waals surface area contributed by atoms with Crippen molar-refractivity contribution in [2.45, 2.75) is 44.4 Å². The summed E-state index contributed by atoms with van der Waals surface area (Å²) in [5.74, 6) is 0.587. The quantitative estimate of drug-likeness (QED) is 0.461. The van der Waals surface area contributed by atoms with E-state index in [2.05, 4.69) is 35.1 Å². The van der Waals surface area contributed by atoms with Crippen molar-refractivity contribution in [2.75, 3.05) is 0 Å². The molecule has 1 saturated heterocycles. The monoisotopic (exact) mass is 461 g/mol. The fraction of sp³-hybridized carbons (Fsp3) is 0.296. The van der Waals surface area contributed by atoms with Crippen molar-refractivity contribution in [3.8, 4) is 11.4 Å². The average molecular weight is 462 g/mol. The summed E-state index contributed by atoms with van der Waals surface area (Å²) >= 11 is 0.